The number of halogens is 1. The Hall–Kier alpha value is -1.33. The summed E-state index contributed by atoms with van der Waals surface area (Å²) in [5.74, 6) is 0.982. The highest BCUT2D eigenvalue weighted by Gasteiger charge is 2.25. The Labute approximate surface area is 148 Å². The molecule has 0 fully saturated rings. The first kappa shape index (κ1) is 15.2. The van der Waals surface area contributed by atoms with Crippen molar-refractivity contribution in [1.29, 1.82) is 0 Å². The first-order chi connectivity index (χ1) is 11.3. The predicted molar refractivity (Wildman–Crippen MR) is 97.6 cm³/mol. The van der Waals surface area contributed by atoms with Gasteiger partial charge in [0.25, 0.3) is 0 Å². The van der Waals surface area contributed by atoms with Gasteiger partial charge in [-0.3, -0.25) is 4.90 Å². The SMILES string of the molecule is Clc1ccc(C2CN(Cc3cccs3)Cc3ccccc3O2)s1. The van der Waals surface area contributed by atoms with Crippen LogP contribution in [0.4, 0.5) is 0 Å². The Kier molecular flexibility index (Phi) is 4.40. The number of para-hydroxylation sites is 1. The van der Waals surface area contributed by atoms with Crippen LogP contribution < -0.4 is 4.74 Å². The van der Waals surface area contributed by atoms with Crippen molar-refractivity contribution in [1.82, 2.24) is 4.90 Å². The predicted octanol–water partition coefficient (Wildman–Crippen LogP) is 5.60. The molecule has 1 aromatic carbocycles. The van der Waals surface area contributed by atoms with Crippen molar-refractivity contribution < 1.29 is 4.74 Å². The van der Waals surface area contributed by atoms with E-state index in [9.17, 15) is 0 Å². The number of fused-ring (bicyclic) bond motifs is 1. The number of ether oxygens (including phenoxy) is 1. The van der Waals surface area contributed by atoms with E-state index in [1.807, 2.05) is 12.1 Å². The largest absolute Gasteiger partial charge is 0.483 e. The van der Waals surface area contributed by atoms with Gasteiger partial charge in [0.15, 0.2) is 0 Å². The molecule has 1 aliphatic heterocycles. The second-order valence-electron chi connectivity index (χ2n) is 5.61. The molecule has 0 radical (unpaired) electrons. The molecule has 3 aromatic rings. The molecule has 0 N–H and O–H groups in total. The zero-order valence-corrected chi connectivity index (χ0v) is 14.8. The van der Waals surface area contributed by atoms with Gasteiger partial charge in [-0.2, -0.15) is 0 Å². The van der Waals surface area contributed by atoms with Gasteiger partial charge in [0.2, 0.25) is 0 Å². The normalized spacial score (nSPS) is 18.2. The maximum absolute atomic E-state index is 6.32. The number of benzene rings is 1. The second kappa shape index (κ2) is 6.65. The summed E-state index contributed by atoms with van der Waals surface area (Å²) in [7, 11) is 0. The standard InChI is InChI=1S/C18H16ClNOS2/c19-18-8-7-17(23-18)16-12-20(11-14-5-3-9-22-14)10-13-4-1-2-6-15(13)21-16/h1-9,16H,10-12H2. The summed E-state index contributed by atoms with van der Waals surface area (Å²) in [6, 6.07) is 16.7. The topological polar surface area (TPSA) is 12.5 Å². The molecule has 5 heteroatoms. The fourth-order valence-electron chi connectivity index (χ4n) is 2.87. The van der Waals surface area contributed by atoms with Crippen LogP contribution >= 0.6 is 34.3 Å². The summed E-state index contributed by atoms with van der Waals surface area (Å²) < 4.78 is 7.13. The smallest absolute Gasteiger partial charge is 0.146 e. The van der Waals surface area contributed by atoms with Crippen LogP contribution in [0.5, 0.6) is 5.75 Å². The van der Waals surface area contributed by atoms with Crippen LogP contribution in [0.1, 0.15) is 21.4 Å². The third-order valence-corrected chi connectivity index (χ3v) is 6.12. The van der Waals surface area contributed by atoms with Gasteiger partial charge in [-0.05, 0) is 29.6 Å². The van der Waals surface area contributed by atoms with E-state index in [0.29, 0.717) is 0 Å². The van der Waals surface area contributed by atoms with Crippen LogP contribution in [-0.4, -0.2) is 11.4 Å². The lowest BCUT2D eigenvalue weighted by Gasteiger charge is -2.22. The van der Waals surface area contributed by atoms with Crippen LogP contribution in [0, 0.1) is 0 Å². The molecule has 0 spiro atoms. The molecule has 2 nitrogen and oxygen atoms in total. The molecule has 0 amide bonds. The molecule has 4 rings (SSSR count). The molecular weight excluding hydrogens is 346 g/mol. The second-order valence-corrected chi connectivity index (χ2v) is 8.38. The van der Waals surface area contributed by atoms with Gasteiger partial charge in [0, 0.05) is 35.0 Å². The van der Waals surface area contributed by atoms with Crippen molar-refractivity contribution in [3.63, 3.8) is 0 Å². The molecule has 0 aliphatic carbocycles. The fourth-order valence-corrected chi connectivity index (χ4v) is 4.70. The van der Waals surface area contributed by atoms with E-state index in [4.69, 9.17) is 16.3 Å². The lowest BCUT2D eigenvalue weighted by Crippen LogP contribution is -2.27. The molecule has 2 aromatic heterocycles. The maximum atomic E-state index is 6.32. The first-order valence-corrected chi connectivity index (χ1v) is 9.60. The molecule has 3 heterocycles. The molecule has 118 valence electrons. The maximum Gasteiger partial charge on any atom is 0.146 e. The van der Waals surface area contributed by atoms with Crippen LogP contribution in [-0.2, 0) is 13.1 Å². The quantitative estimate of drug-likeness (QED) is 0.602. The van der Waals surface area contributed by atoms with Crippen molar-refractivity contribution in [2.75, 3.05) is 6.54 Å². The van der Waals surface area contributed by atoms with Crippen molar-refractivity contribution in [3.8, 4) is 5.75 Å². The Bertz CT molecular complexity index is 784. The van der Waals surface area contributed by atoms with Crippen molar-refractivity contribution in [2.45, 2.75) is 19.2 Å². The molecule has 0 saturated heterocycles. The van der Waals surface area contributed by atoms with Gasteiger partial charge in [-0.15, -0.1) is 22.7 Å². The average molecular weight is 362 g/mol. The zero-order valence-electron chi connectivity index (χ0n) is 12.4. The lowest BCUT2D eigenvalue weighted by atomic mass is 10.2. The van der Waals surface area contributed by atoms with Crippen molar-refractivity contribution in [3.05, 3.63) is 73.6 Å². The summed E-state index contributed by atoms with van der Waals surface area (Å²) in [6.07, 6.45) is 0.0242. The van der Waals surface area contributed by atoms with Crippen LogP contribution in [0.25, 0.3) is 0 Å². The van der Waals surface area contributed by atoms with Gasteiger partial charge < -0.3 is 4.74 Å². The summed E-state index contributed by atoms with van der Waals surface area (Å²) in [5.41, 5.74) is 1.24. The monoisotopic (exact) mass is 361 g/mol. The highest BCUT2D eigenvalue weighted by Crippen LogP contribution is 2.35. The molecule has 1 aliphatic rings. The van der Waals surface area contributed by atoms with E-state index in [0.717, 1.165) is 29.7 Å². The van der Waals surface area contributed by atoms with E-state index in [2.05, 4.69) is 46.7 Å². The first-order valence-electron chi connectivity index (χ1n) is 7.52. The minimum Gasteiger partial charge on any atom is -0.483 e. The molecular formula is C18H16ClNOS2. The molecule has 1 atom stereocenters. The minimum absolute atomic E-state index is 0.0242. The van der Waals surface area contributed by atoms with E-state index < -0.39 is 0 Å². The Morgan fingerprint density at radius 2 is 2.04 bits per heavy atom. The number of nitrogens with zero attached hydrogens (tertiary/aromatic N) is 1. The molecule has 1 unspecified atom stereocenters. The summed E-state index contributed by atoms with van der Waals surface area (Å²) in [6.45, 7) is 2.72. The number of thiophene rings is 2. The third-order valence-electron chi connectivity index (χ3n) is 3.93. The van der Waals surface area contributed by atoms with Gasteiger partial charge in [-0.1, -0.05) is 35.9 Å². The molecule has 23 heavy (non-hydrogen) atoms. The third kappa shape index (κ3) is 3.45. The lowest BCUT2D eigenvalue weighted by molar-refractivity contribution is 0.147. The van der Waals surface area contributed by atoms with Gasteiger partial charge in [-0.25, -0.2) is 0 Å². The Balaban J connectivity index is 1.65. The van der Waals surface area contributed by atoms with Crippen LogP contribution in [0.2, 0.25) is 4.34 Å². The van der Waals surface area contributed by atoms with Gasteiger partial charge >= 0.3 is 0 Å². The number of hydrogen-bond donors (Lipinski definition) is 0. The van der Waals surface area contributed by atoms with Crippen molar-refractivity contribution >= 4 is 34.3 Å². The summed E-state index contributed by atoms with van der Waals surface area (Å²) in [4.78, 5) is 5.02. The van der Waals surface area contributed by atoms with Gasteiger partial charge in [0.05, 0.1) is 4.34 Å². The molecule has 0 saturated carbocycles. The Morgan fingerprint density at radius 3 is 2.83 bits per heavy atom. The Morgan fingerprint density at radius 1 is 1.13 bits per heavy atom. The van der Waals surface area contributed by atoms with E-state index in [-0.39, 0.29) is 6.10 Å². The van der Waals surface area contributed by atoms with Crippen LogP contribution in [0.3, 0.4) is 0 Å². The summed E-state index contributed by atoms with van der Waals surface area (Å²) in [5, 5.41) is 2.13. The highest BCUT2D eigenvalue weighted by molar-refractivity contribution is 7.16. The van der Waals surface area contributed by atoms with E-state index in [1.165, 1.54) is 15.3 Å². The minimum atomic E-state index is 0.0242. The van der Waals surface area contributed by atoms with Gasteiger partial charge in [0.1, 0.15) is 11.9 Å². The average Bonchev–Trinajstić information content (AvgIpc) is 3.16. The van der Waals surface area contributed by atoms with Crippen LogP contribution in [0.15, 0.2) is 53.9 Å². The number of rotatable bonds is 3. The van der Waals surface area contributed by atoms with E-state index >= 15 is 0 Å². The van der Waals surface area contributed by atoms with E-state index in [1.54, 1.807) is 22.7 Å². The number of hydrogen-bond acceptors (Lipinski definition) is 4. The highest BCUT2D eigenvalue weighted by atomic mass is 35.5. The zero-order chi connectivity index (χ0) is 15.6. The molecule has 0 bridgehead atoms. The fraction of sp³-hybridized carbons (Fsp3) is 0.222. The van der Waals surface area contributed by atoms with Crippen molar-refractivity contribution in [2.24, 2.45) is 0 Å². The summed E-state index contributed by atoms with van der Waals surface area (Å²) >= 11 is 9.53.